The number of carbonyl (C=O) groups is 3. The highest BCUT2D eigenvalue weighted by Gasteiger charge is 2.56. The summed E-state index contributed by atoms with van der Waals surface area (Å²) < 4.78 is 0. The van der Waals surface area contributed by atoms with Gasteiger partial charge in [0.2, 0.25) is 5.91 Å². The van der Waals surface area contributed by atoms with Crippen molar-refractivity contribution < 1.29 is 14.4 Å². The number of hydrogen-bond acceptors (Lipinski definition) is 4. The Morgan fingerprint density at radius 3 is 2.70 bits per heavy atom. The number of carbonyl (C=O) groups excluding carboxylic acids is 3. The van der Waals surface area contributed by atoms with Crippen LogP contribution in [0.25, 0.3) is 0 Å². The molecule has 7 nitrogen and oxygen atoms in total. The van der Waals surface area contributed by atoms with Crippen molar-refractivity contribution in [2.75, 3.05) is 26.2 Å². The van der Waals surface area contributed by atoms with Gasteiger partial charge in [0.05, 0.1) is 0 Å². The molecule has 3 N–H and O–H groups in total. The molecule has 1 saturated carbocycles. The SMILES string of the molecule is CC1CC(C)(C)CC2(C1)NC(=O)N(CC(=O)NCC1=CCNCC1)C2=O.Cl. The van der Waals surface area contributed by atoms with E-state index in [0.717, 1.165) is 30.8 Å². The number of nitrogens with one attached hydrogen (secondary N) is 3. The number of rotatable bonds is 4. The Morgan fingerprint density at radius 2 is 2.07 bits per heavy atom. The second-order valence-electron chi connectivity index (χ2n) is 8.85. The predicted octanol–water partition coefficient (Wildman–Crippen LogP) is 1.58. The quantitative estimate of drug-likeness (QED) is 0.495. The van der Waals surface area contributed by atoms with E-state index in [1.807, 2.05) is 0 Å². The summed E-state index contributed by atoms with van der Waals surface area (Å²) in [4.78, 5) is 38.8. The van der Waals surface area contributed by atoms with E-state index >= 15 is 0 Å². The van der Waals surface area contributed by atoms with Crippen molar-refractivity contribution in [3.63, 3.8) is 0 Å². The fourth-order valence-electron chi connectivity index (χ4n) is 4.89. The van der Waals surface area contributed by atoms with Gasteiger partial charge < -0.3 is 16.0 Å². The molecule has 3 aliphatic rings. The van der Waals surface area contributed by atoms with Crippen LogP contribution in [-0.2, 0) is 9.59 Å². The van der Waals surface area contributed by atoms with Crippen LogP contribution in [0.5, 0.6) is 0 Å². The van der Waals surface area contributed by atoms with Crippen molar-refractivity contribution in [3.8, 4) is 0 Å². The fraction of sp³-hybridized carbons (Fsp3) is 0.737. The van der Waals surface area contributed by atoms with E-state index in [9.17, 15) is 14.4 Å². The molecule has 0 bridgehead atoms. The smallest absolute Gasteiger partial charge is 0.325 e. The second-order valence-corrected chi connectivity index (χ2v) is 8.85. The Hall–Kier alpha value is -1.60. The van der Waals surface area contributed by atoms with Gasteiger partial charge in [0.1, 0.15) is 12.1 Å². The molecule has 2 atom stereocenters. The lowest BCUT2D eigenvalue weighted by Crippen LogP contribution is -2.54. The lowest BCUT2D eigenvalue weighted by molar-refractivity contribution is -0.137. The Labute approximate surface area is 167 Å². The first-order valence-corrected chi connectivity index (χ1v) is 9.50. The normalized spacial score (nSPS) is 29.8. The van der Waals surface area contributed by atoms with Gasteiger partial charge in [0, 0.05) is 13.1 Å². The van der Waals surface area contributed by atoms with Crippen molar-refractivity contribution in [3.05, 3.63) is 11.6 Å². The van der Waals surface area contributed by atoms with Crippen LogP contribution in [-0.4, -0.2) is 54.5 Å². The number of nitrogens with zero attached hydrogens (tertiary/aromatic N) is 1. The van der Waals surface area contributed by atoms with Crippen molar-refractivity contribution in [2.45, 2.75) is 52.0 Å². The molecule has 3 rings (SSSR count). The standard InChI is InChI=1S/C19H30N4O3.ClH/c1-13-8-18(2,3)12-19(9-13)16(25)23(17(26)22-19)11-15(24)21-10-14-4-6-20-7-5-14;/h4,13,20H,5-12H2,1-3H3,(H,21,24)(H,22,26);1H. The maximum Gasteiger partial charge on any atom is 0.325 e. The number of hydrogen-bond donors (Lipinski definition) is 3. The van der Waals surface area contributed by atoms with Crippen LogP contribution in [0.15, 0.2) is 11.6 Å². The molecule has 1 aliphatic carbocycles. The van der Waals surface area contributed by atoms with Crippen molar-refractivity contribution in [1.29, 1.82) is 0 Å². The van der Waals surface area contributed by atoms with Gasteiger partial charge in [-0.05, 0) is 43.6 Å². The third-order valence-electron chi connectivity index (χ3n) is 5.60. The average Bonchev–Trinajstić information content (AvgIpc) is 2.75. The molecular weight excluding hydrogens is 368 g/mol. The highest BCUT2D eigenvalue weighted by atomic mass is 35.5. The third kappa shape index (κ3) is 4.82. The topological polar surface area (TPSA) is 90.5 Å². The van der Waals surface area contributed by atoms with Crippen LogP contribution < -0.4 is 16.0 Å². The van der Waals surface area contributed by atoms with E-state index in [1.165, 1.54) is 5.57 Å². The molecule has 27 heavy (non-hydrogen) atoms. The zero-order chi connectivity index (χ0) is 18.9. The molecule has 2 aliphatic heterocycles. The highest BCUT2D eigenvalue weighted by Crippen LogP contribution is 2.46. The monoisotopic (exact) mass is 398 g/mol. The first-order valence-electron chi connectivity index (χ1n) is 9.50. The van der Waals surface area contributed by atoms with Gasteiger partial charge in [0.15, 0.2) is 0 Å². The summed E-state index contributed by atoms with van der Waals surface area (Å²) in [6, 6.07) is -0.448. The van der Waals surface area contributed by atoms with E-state index in [-0.39, 0.29) is 36.2 Å². The maximum atomic E-state index is 13.0. The molecule has 2 fully saturated rings. The first kappa shape index (κ1) is 21.7. The number of amides is 4. The van der Waals surface area contributed by atoms with Gasteiger partial charge in [-0.3, -0.25) is 14.5 Å². The molecule has 2 unspecified atom stereocenters. The maximum absolute atomic E-state index is 13.0. The molecule has 8 heteroatoms. The highest BCUT2D eigenvalue weighted by molar-refractivity contribution is 6.09. The van der Waals surface area contributed by atoms with Crippen LogP contribution >= 0.6 is 12.4 Å². The zero-order valence-corrected chi connectivity index (χ0v) is 17.2. The Bertz CT molecular complexity index is 649. The molecule has 0 aromatic rings. The molecule has 152 valence electrons. The van der Waals surface area contributed by atoms with Gasteiger partial charge in [-0.2, -0.15) is 0 Å². The summed E-state index contributed by atoms with van der Waals surface area (Å²) in [5.74, 6) is -0.199. The third-order valence-corrected chi connectivity index (χ3v) is 5.60. The fourth-order valence-corrected chi connectivity index (χ4v) is 4.89. The number of urea groups is 1. The van der Waals surface area contributed by atoms with Crippen LogP contribution in [0.1, 0.15) is 46.5 Å². The summed E-state index contributed by atoms with van der Waals surface area (Å²) in [5, 5.41) is 8.95. The molecule has 0 aromatic carbocycles. The number of imide groups is 1. The van der Waals surface area contributed by atoms with Crippen molar-refractivity contribution >= 4 is 30.3 Å². The Balaban J connectivity index is 0.00000261. The van der Waals surface area contributed by atoms with Gasteiger partial charge in [-0.25, -0.2) is 4.79 Å². The van der Waals surface area contributed by atoms with E-state index in [1.54, 1.807) is 0 Å². The van der Waals surface area contributed by atoms with Crippen molar-refractivity contribution in [2.24, 2.45) is 11.3 Å². The van der Waals surface area contributed by atoms with E-state index in [4.69, 9.17) is 0 Å². The van der Waals surface area contributed by atoms with Crippen LogP contribution in [0, 0.1) is 11.3 Å². The molecule has 1 saturated heterocycles. The average molecular weight is 399 g/mol. The molecule has 0 radical (unpaired) electrons. The molecule has 0 aromatic heterocycles. The molecular formula is C19H31ClN4O3. The lowest BCUT2D eigenvalue weighted by Gasteiger charge is -2.43. The van der Waals surface area contributed by atoms with Crippen LogP contribution in [0.2, 0.25) is 0 Å². The summed E-state index contributed by atoms with van der Waals surface area (Å²) in [6.45, 7) is 8.36. The second kappa shape index (κ2) is 8.19. The van der Waals surface area contributed by atoms with E-state index < -0.39 is 11.6 Å². The minimum absolute atomic E-state index is 0. The Kier molecular flexibility index (Phi) is 6.58. The van der Waals surface area contributed by atoms with E-state index in [0.29, 0.717) is 25.3 Å². The first-order chi connectivity index (χ1) is 12.2. The van der Waals surface area contributed by atoms with Gasteiger partial charge in [0.25, 0.3) is 5.91 Å². The summed E-state index contributed by atoms with van der Waals surface area (Å²) in [6.07, 6.45) is 5.26. The zero-order valence-electron chi connectivity index (χ0n) is 16.4. The minimum Gasteiger partial charge on any atom is -0.351 e. The van der Waals surface area contributed by atoms with Crippen LogP contribution in [0.4, 0.5) is 4.79 Å². The molecule has 1 spiro atoms. The van der Waals surface area contributed by atoms with Gasteiger partial charge in [-0.15, -0.1) is 12.4 Å². The van der Waals surface area contributed by atoms with E-state index in [2.05, 4.69) is 42.8 Å². The van der Waals surface area contributed by atoms with Gasteiger partial charge in [-0.1, -0.05) is 32.4 Å². The minimum atomic E-state index is -0.851. The predicted molar refractivity (Wildman–Crippen MR) is 106 cm³/mol. The summed E-state index contributed by atoms with van der Waals surface area (Å²) >= 11 is 0. The van der Waals surface area contributed by atoms with Gasteiger partial charge >= 0.3 is 6.03 Å². The molecule has 2 heterocycles. The van der Waals surface area contributed by atoms with Crippen LogP contribution in [0.3, 0.4) is 0 Å². The lowest BCUT2D eigenvalue weighted by atomic mass is 9.64. The summed E-state index contributed by atoms with van der Waals surface area (Å²) in [7, 11) is 0. The number of halogens is 1. The largest absolute Gasteiger partial charge is 0.351 e. The molecule has 4 amide bonds. The van der Waals surface area contributed by atoms with Crippen molar-refractivity contribution in [1.82, 2.24) is 20.9 Å². The Morgan fingerprint density at radius 1 is 1.33 bits per heavy atom. The summed E-state index contributed by atoms with van der Waals surface area (Å²) in [5.41, 5.74) is 0.310.